The molecular weight excluding hydrogens is 2030 g/mol. The number of aromatic nitrogens is 6. The van der Waals surface area contributed by atoms with Gasteiger partial charge < -0.3 is 53.9 Å². The Morgan fingerprint density at radius 1 is 0.478 bits per heavy atom. The molecule has 19 nitrogen and oxygen atoms in total. The number of aliphatic imine (C=N–C) groups is 1. The van der Waals surface area contributed by atoms with Crippen molar-refractivity contribution in [3.63, 3.8) is 0 Å². The summed E-state index contributed by atoms with van der Waals surface area (Å²) in [5.74, 6) is 4.13. The number of fused-ring (bicyclic) bond motifs is 7. The van der Waals surface area contributed by atoms with Crippen molar-refractivity contribution in [1.82, 2.24) is 49.7 Å². The lowest BCUT2D eigenvalue weighted by molar-refractivity contribution is 0.00830. The molecule has 0 bridgehead atoms. The van der Waals surface area contributed by atoms with E-state index in [1.54, 1.807) is 216 Å². The van der Waals surface area contributed by atoms with Gasteiger partial charge in [-0.3, -0.25) is 4.57 Å². The van der Waals surface area contributed by atoms with E-state index in [-0.39, 0.29) is 59.2 Å². The van der Waals surface area contributed by atoms with Crippen LogP contribution in [0.15, 0.2) is 236 Å². The number of ether oxygens (including phenoxy) is 5. The molecule has 714 valence electrons. The molecule has 37 heteroatoms. The first-order valence-electron chi connectivity index (χ1n) is 43.4. The normalized spacial score (nSPS) is 14.4. The molecule has 11 aromatic heterocycles. The molecule has 16 heterocycles. The number of pyridine rings is 3. The van der Waals surface area contributed by atoms with E-state index in [1.807, 2.05) is 109 Å². The molecule has 7 aromatic carbocycles. The summed E-state index contributed by atoms with van der Waals surface area (Å²) < 4.78 is 127. The average Bonchev–Trinajstić information content (AvgIpc) is 1.59. The minimum absolute atomic E-state index is 0. The van der Waals surface area contributed by atoms with E-state index < -0.39 is 5.60 Å². The van der Waals surface area contributed by atoms with E-state index >= 15 is 0 Å². The van der Waals surface area contributed by atoms with Crippen LogP contribution in [-0.4, -0.2) is 167 Å². The number of rotatable bonds is 14. The number of hydrogen-bond donors (Lipinski definition) is 2. The van der Waals surface area contributed by atoms with Crippen LogP contribution in [0.1, 0.15) is 84.0 Å². The fraction of sp³-hybridized carbons (Fsp3) is 0.248. The smallest absolute Gasteiger partial charge is 0.410 e. The second-order valence-corrected chi connectivity index (χ2v) is 42.1. The molecule has 23 rings (SSSR count). The van der Waals surface area contributed by atoms with Crippen molar-refractivity contribution in [2.45, 2.75) is 62.6 Å². The number of carbonyl (C=O) groups is 1. The molecule has 0 radical (unpaired) electrons. The largest absolute Gasteiger partial charge is 0.481 e. The maximum atomic E-state index is 13.5. The quantitative estimate of drug-likeness (QED) is 0.0453. The number of benzene rings is 7. The molecule has 5 saturated heterocycles. The standard InChI is InChI=1S/C21H20FN5O2S.C19H18FN3OS2.C18H16FN3OS2.C16H18FNO2S.C11H10FNS.C8H4BrFS.C8H5FS.ClH/c1-28-11-19-24-25-21(27(19)15-4-6-20(29-2)23-8-15)26-9-13(10-26)17-12-30-18-7-14(22)3-5-16(17)18;1-24-18-6-4-14(8-21-18)22-19(25-2)23-9-12(10-23)16-11-26-17-7-13(20)3-5-15(16)17;1-23-17-5-3-13(7-20-17)21-18(24)22-8-11(9-22)15-10-25-16-6-12(19)2-4-14(15)16;1-16(2,3)20-15(19)18-7-10(8-18)13-9-21-14-6-11(17)4-5-12(13)14;12-8-1-2-9-10(7-4-13-5-7)6-14-11(9)3-8;9-7-4-11-8-3-5(10)1-2-6(7)8;9-7-2-1-6-3-4-10-8(6)5-7;/h3-8,12-13H,9-11H2,1-2H3;3-8,11-12H,9-10H2,1-2H3;2-7,10-11H,8-9H2,1H3,(H,21,24);4-6,9-10H,7-8H2,1-3H3;1-3,6-7,13H,4-5H2;1-4H;1-5H;1H. The maximum absolute atomic E-state index is 13.5. The molecule has 0 unspecified atom stereocenters. The number of nitrogens with zero attached hydrogens (tertiary/aromatic N) is 11. The number of thiophene rings is 7. The third-order valence-electron chi connectivity index (χ3n) is 23.5. The van der Waals surface area contributed by atoms with Gasteiger partial charge >= 0.3 is 6.09 Å². The van der Waals surface area contributed by atoms with Crippen LogP contribution in [0, 0.1) is 40.7 Å². The lowest BCUT2D eigenvalue weighted by atomic mass is 9.91. The highest BCUT2D eigenvalue weighted by atomic mass is 79.9. The summed E-state index contributed by atoms with van der Waals surface area (Å²) >= 11 is 21.6. The van der Waals surface area contributed by atoms with Gasteiger partial charge in [0.15, 0.2) is 16.1 Å². The molecule has 138 heavy (non-hydrogen) atoms. The Hall–Kier alpha value is -11.0. The number of thioether (sulfide) groups is 1. The zero-order chi connectivity index (χ0) is 95.7. The monoisotopic (exact) mass is 2120 g/mol. The minimum Gasteiger partial charge on any atom is -0.481 e. The van der Waals surface area contributed by atoms with Gasteiger partial charge in [-0.15, -0.1) is 102 Å². The fourth-order valence-corrected chi connectivity index (χ4v) is 24.7. The van der Waals surface area contributed by atoms with E-state index in [0.717, 1.165) is 145 Å². The van der Waals surface area contributed by atoms with Crippen molar-refractivity contribution in [2.24, 2.45) is 4.99 Å². The van der Waals surface area contributed by atoms with Crippen LogP contribution in [-0.2, 0) is 16.1 Å². The predicted octanol–water partition coefficient (Wildman–Crippen LogP) is 27.3. The van der Waals surface area contributed by atoms with Crippen molar-refractivity contribution in [1.29, 1.82) is 0 Å². The lowest BCUT2D eigenvalue weighted by Gasteiger charge is -2.41. The number of halogens is 9. The van der Waals surface area contributed by atoms with Crippen LogP contribution < -0.4 is 29.7 Å². The van der Waals surface area contributed by atoms with Crippen molar-refractivity contribution >= 4 is 236 Å². The number of nitrogens with one attached hydrogen (secondary N) is 2. The van der Waals surface area contributed by atoms with Gasteiger partial charge in [0, 0.05) is 168 Å². The lowest BCUT2D eigenvalue weighted by Crippen LogP contribution is -2.50. The van der Waals surface area contributed by atoms with Crippen molar-refractivity contribution in [3.8, 4) is 23.3 Å². The summed E-state index contributed by atoms with van der Waals surface area (Å²) in [7, 11) is 6.41. The van der Waals surface area contributed by atoms with E-state index in [0.29, 0.717) is 77.9 Å². The molecule has 1 amide bonds. The number of anilines is 2. The van der Waals surface area contributed by atoms with Gasteiger partial charge in [-0.1, -0.05) is 48.2 Å². The number of methoxy groups -OCH3 is 4. The first-order valence-corrected chi connectivity index (χ1v) is 52.0. The summed E-state index contributed by atoms with van der Waals surface area (Å²) in [4.78, 5) is 37.6. The van der Waals surface area contributed by atoms with Gasteiger partial charge in [-0.05, 0) is 263 Å². The number of carbonyl (C=O) groups excluding carboxylic acids is 1. The first kappa shape index (κ1) is 100. The Balaban J connectivity index is 0.000000119. The van der Waals surface area contributed by atoms with Gasteiger partial charge in [0.1, 0.15) is 52.9 Å². The second-order valence-electron chi connectivity index (χ2n) is 33.6. The summed E-state index contributed by atoms with van der Waals surface area (Å²) in [5, 5.41) is 39.4. The van der Waals surface area contributed by atoms with Gasteiger partial charge in [0.25, 0.3) is 0 Å². The van der Waals surface area contributed by atoms with Crippen LogP contribution in [0.2, 0.25) is 0 Å². The second kappa shape index (κ2) is 45.1. The number of thiocarbonyl (C=S) groups is 1. The highest BCUT2D eigenvalue weighted by molar-refractivity contribution is 9.10. The average molecular weight is 2120 g/mol. The van der Waals surface area contributed by atoms with Crippen LogP contribution in [0.4, 0.5) is 52.9 Å². The summed E-state index contributed by atoms with van der Waals surface area (Å²) in [6.45, 7) is 14.6. The zero-order valence-electron chi connectivity index (χ0n) is 75.6. The van der Waals surface area contributed by atoms with Gasteiger partial charge in [-0.2, -0.15) is 0 Å². The highest BCUT2D eigenvalue weighted by Crippen LogP contribution is 2.44. The van der Waals surface area contributed by atoms with Crippen molar-refractivity contribution in [2.75, 3.05) is 110 Å². The van der Waals surface area contributed by atoms with Crippen LogP contribution in [0.25, 0.3) is 76.3 Å². The number of likely N-dealkylation sites (tertiary alicyclic amines) is 3. The Labute approximate surface area is 843 Å². The van der Waals surface area contributed by atoms with E-state index in [1.165, 1.54) is 68.9 Å². The Morgan fingerprint density at radius 3 is 1.30 bits per heavy atom. The van der Waals surface area contributed by atoms with Crippen molar-refractivity contribution in [3.05, 3.63) is 305 Å². The van der Waals surface area contributed by atoms with Crippen LogP contribution >= 0.6 is 132 Å². The molecule has 0 atom stereocenters. The van der Waals surface area contributed by atoms with E-state index in [9.17, 15) is 35.5 Å². The topological polar surface area (TPSA) is 182 Å². The first-order chi connectivity index (χ1) is 66.3. The molecule has 5 fully saturated rings. The van der Waals surface area contributed by atoms with Gasteiger partial charge in [-0.25, -0.2) is 55.5 Å². The summed E-state index contributed by atoms with van der Waals surface area (Å²) in [6, 6.07) is 47.7. The number of amides is 1. The molecule has 18 aromatic rings. The minimum atomic E-state index is -0.464. The number of hydrogen-bond acceptors (Lipinski definition) is 23. The SMILES string of the molecule is CC(C)(C)OC(=O)N1CC(c2csc3cc(F)ccc23)C1.COCc1nnc(N2CC(c3csc4cc(F)ccc34)C2)n1-c1ccc(OC)nc1.COc1ccc(N=C(SC)N2CC(c3csc4cc(F)ccc34)C2)cn1.COc1ccc(NC(=S)N2CC(c3csc4cc(F)ccc34)C2)cn1.Cl.Fc1ccc2c(Br)csc2c1.Fc1ccc2c(C3CNC3)csc2c1.Fc1ccc2ccsc2c1. The van der Waals surface area contributed by atoms with Crippen molar-refractivity contribution < 1.29 is 59.2 Å². The molecular formula is C101H92BrClF7N13O6S9. The maximum Gasteiger partial charge on any atom is 0.410 e. The predicted molar refractivity (Wildman–Crippen MR) is 562 cm³/mol. The van der Waals surface area contributed by atoms with Gasteiger partial charge in [0.05, 0.1) is 57.0 Å². The van der Waals surface area contributed by atoms with E-state index in [4.69, 9.17) is 40.9 Å². The summed E-state index contributed by atoms with van der Waals surface area (Å²) in [6.07, 6.45) is 6.93. The molecule has 5 aliphatic heterocycles. The number of amidine groups is 1. The Bertz CT molecular complexity index is 7310. The third kappa shape index (κ3) is 23.7. The van der Waals surface area contributed by atoms with Crippen LogP contribution in [0.5, 0.6) is 17.6 Å². The van der Waals surface area contributed by atoms with E-state index in [2.05, 4.69) is 93.3 Å². The third-order valence-corrected chi connectivity index (χ3v) is 32.1. The molecule has 0 aliphatic carbocycles. The van der Waals surface area contributed by atoms with Crippen LogP contribution in [0.3, 0.4) is 0 Å². The molecule has 0 saturated carbocycles. The highest BCUT2D eigenvalue weighted by Gasteiger charge is 2.38. The van der Waals surface area contributed by atoms with Gasteiger partial charge in [0.2, 0.25) is 23.6 Å². The molecule has 0 spiro atoms. The molecule has 2 N–H and O–H groups in total. The summed E-state index contributed by atoms with van der Waals surface area (Å²) in [5.41, 5.74) is 8.48. The fourth-order valence-electron chi connectivity index (χ4n) is 16.1. The Morgan fingerprint density at radius 2 is 0.884 bits per heavy atom. The Kier molecular flexibility index (Phi) is 32.7. The zero-order valence-corrected chi connectivity index (χ0v) is 85.3. The molecule has 5 aliphatic rings.